The summed E-state index contributed by atoms with van der Waals surface area (Å²) in [6.07, 6.45) is 2.01. The average Bonchev–Trinajstić information content (AvgIpc) is 2.14. The standard InChI is InChI=1S/C5H3NO3/c7-4-1-3(2-6-4)5(8)9/h1-2H,(H,8,9). The van der Waals surface area contributed by atoms with E-state index in [2.05, 4.69) is 4.99 Å². The van der Waals surface area contributed by atoms with Crippen LogP contribution in [0, 0.1) is 0 Å². The molecule has 0 aliphatic carbocycles. The Hall–Kier alpha value is -1.45. The van der Waals surface area contributed by atoms with Crippen LogP contribution in [0.25, 0.3) is 0 Å². The normalized spacial score (nSPS) is 16.0. The maximum Gasteiger partial charge on any atom is 0.337 e. The molecule has 1 aliphatic rings. The molecule has 0 saturated carbocycles. The van der Waals surface area contributed by atoms with Crippen LogP contribution >= 0.6 is 0 Å². The highest BCUT2D eigenvalue weighted by molar-refractivity contribution is 6.20. The van der Waals surface area contributed by atoms with Crippen LogP contribution in [0.5, 0.6) is 0 Å². The van der Waals surface area contributed by atoms with Gasteiger partial charge in [0.2, 0.25) is 0 Å². The van der Waals surface area contributed by atoms with Crippen LogP contribution in [0.2, 0.25) is 0 Å². The lowest BCUT2D eigenvalue weighted by Crippen LogP contribution is -1.98. The lowest BCUT2D eigenvalue weighted by Gasteiger charge is -1.80. The molecule has 0 aromatic carbocycles. The second-order valence-electron chi connectivity index (χ2n) is 1.50. The number of aliphatic imine (C=N–C) groups is 1. The number of rotatable bonds is 1. The minimum atomic E-state index is -1.12. The molecule has 0 saturated heterocycles. The first kappa shape index (κ1) is 5.68. The van der Waals surface area contributed by atoms with Gasteiger partial charge < -0.3 is 5.11 Å². The molecule has 1 amide bonds. The molecule has 0 unspecified atom stereocenters. The Bertz CT molecular complexity index is 226. The van der Waals surface area contributed by atoms with Crippen LogP contribution in [0.4, 0.5) is 0 Å². The van der Waals surface area contributed by atoms with Gasteiger partial charge in [0.1, 0.15) is 0 Å². The molecular weight excluding hydrogens is 122 g/mol. The van der Waals surface area contributed by atoms with Gasteiger partial charge in [0.05, 0.1) is 5.57 Å². The van der Waals surface area contributed by atoms with E-state index in [0.29, 0.717) is 0 Å². The average molecular weight is 125 g/mol. The quantitative estimate of drug-likeness (QED) is 0.518. The number of nitrogens with zero attached hydrogens (tertiary/aromatic N) is 1. The summed E-state index contributed by atoms with van der Waals surface area (Å²) in [6.45, 7) is 0. The summed E-state index contributed by atoms with van der Waals surface area (Å²) in [5, 5.41) is 8.22. The van der Waals surface area contributed by atoms with Crippen LogP contribution in [0.15, 0.2) is 16.6 Å². The molecule has 1 aliphatic heterocycles. The third kappa shape index (κ3) is 1.02. The minimum absolute atomic E-state index is 0.0556. The maximum absolute atomic E-state index is 10.2. The smallest absolute Gasteiger partial charge is 0.337 e. The maximum atomic E-state index is 10.2. The summed E-state index contributed by atoms with van der Waals surface area (Å²) in [6, 6.07) is 0. The zero-order valence-electron chi connectivity index (χ0n) is 4.37. The van der Waals surface area contributed by atoms with Gasteiger partial charge in [-0.3, -0.25) is 4.79 Å². The fourth-order valence-electron chi connectivity index (χ4n) is 0.458. The van der Waals surface area contributed by atoms with Crippen LogP contribution < -0.4 is 0 Å². The molecule has 9 heavy (non-hydrogen) atoms. The Morgan fingerprint density at radius 3 is 2.56 bits per heavy atom. The van der Waals surface area contributed by atoms with E-state index < -0.39 is 11.9 Å². The summed E-state index contributed by atoms with van der Waals surface area (Å²) >= 11 is 0. The van der Waals surface area contributed by atoms with Gasteiger partial charge in [0, 0.05) is 12.3 Å². The summed E-state index contributed by atoms with van der Waals surface area (Å²) in [5.74, 6) is -1.63. The first-order chi connectivity index (χ1) is 4.20. The summed E-state index contributed by atoms with van der Waals surface area (Å²) in [5.41, 5.74) is -0.0556. The number of aliphatic carboxylic acids is 1. The molecule has 0 aromatic rings. The van der Waals surface area contributed by atoms with E-state index in [-0.39, 0.29) is 5.57 Å². The summed E-state index contributed by atoms with van der Waals surface area (Å²) in [4.78, 5) is 23.5. The monoisotopic (exact) mass is 125 g/mol. The Balaban J connectivity index is 2.88. The molecule has 0 spiro atoms. The van der Waals surface area contributed by atoms with Gasteiger partial charge in [-0.2, -0.15) is 0 Å². The van der Waals surface area contributed by atoms with E-state index in [1.165, 1.54) is 0 Å². The fourth-order valence-corrected chi connectivity index (χ4v) is 0.458. The summed E-state index contributed by atoms with van der Waals surface area (Å²) in [7, 11) is 0. The van der Waals surface area contributed by atoms with Gasteiger partial charge in [-0.15, -0.1) is 0 Å². The van der Waals surface area contributed by atoms with E-state index in [1.807, 2.05) is 0 Å². The number of carboxylic acids is 1. The Labute approximate surface area is 50.5 Å². The van der Waals surface area contributed by atoms with E-state index in [1.54, 1.807) is 0 Å². The van der Waals surface area contributed by atoms with Gasteiger partial charge in [-0.05, 0) is 0 Å². The number of hydrogen-bond acceptors (Lipinski definition) is 2. The largest absolute Gasteiger partial charge is 0.478 e. The molecule has 0 bridgehead atoms. The molecule has 1 heterocycles. The topological polar surface area (TPSA) is 66.7 Å². The van der Waals surface area contributed by atoms with E-state index >= 15 is 0 Å². The zero-order valence-corrected chi connectivity index (χ0v) is 4.37. The minimum Gasteiger partial charge on any atom is -0.478 e. The summed E-state index contributed by atoms with van der Waals surface area (Å²) < 4.78 is 0. The van der Waals surface area contributed by atoms with E-state index in [4.69, 9.17) is 5.11 Å². The molecule has 1 N–H and O–H groups in total. The first-order valence-electron chi connectivity index (χ1n) is 2.23. The highest BCUT2D eigenvalue weighted by atomic mass is 16.4. The van der Waals surface area contributed by atoms with Gasteiger partial charge in [-0.1, -0.05) is 0 Å². The van der Waals surface area contributed by atoms with Gasteiger partial charge in [-0.25, -0.2) is 9.79 Å². The molecule has 0 atom stereocenters. The van der Waals surface area contributed by atoms with Crippen LogP contribution in [-0.2, 0) is 9.59 Å². The second kappa shape index (κ2) is 1.81. The van der Waals surface area contributed by atoms with Crippen molar-refractivity contribution in [2.24, 2.45) is 4.99 Å². The van der Waals surface area contributed by atoms with Crippen LogP contribution in [0.1, 0.15) is 0 Å². The van der Waals surface area contributed by atoms with Crippen molar-refractivity contribution in [1.29, 1.82) is 0 Å². The highest BCUT2D eigenvalue weighted by Crippen LogP contribution is 1.98. The van der Waals surface area contributed by atoms with Crippen molar-refractivity contribution in [3.63, 3.8) is 0 Å². The lowest BCUT2D eigenvalue weighted by molar-refractivity contribution is -0.132. The van der Waals surface area contributed by atoms with Crippen molar-refractivity contribution in [3.8, 4) is 0 Å². The third-order valence-corrected chi connectivity index (χ3v) is 0.857. The molecule has 0 fully saturated rings. The van der Waals surface area contributed by atoms with Gasteiger partial charge in [0.25, 0.3) is 5.91 Å². The van der Waals surface area contributed by atoms with Crippen molar-refractivity contribution in [3.05, 3.63) is 11.6 Å². The lowest BCUT2D eigenvalue weighted by atomic mass is 10.3. The molecular formula is C5H3NO3. The number of carbonyl (C=O) groups is 2. The van der Waals surface area contributed by atoms with Crippen molar-refractivity contribution in [2.45, 2.75) is 0 Å². The van der Waals surface area contributed by atoms with Gasteiger partial charge in [0.15, 0.2) is 0 Å². The molecule has 4 nitrogen and oxygen atoms in total. The predicted octanol–water partition coefficient (Wildman–Crippen LogP) is -0.392. The van der Waals surface area contributed by atoms with Crippen LogP contribution in [0.3, 0.4) is 0 Å². The Kier molecular flexibility index (Phi) is 1.14. The molecule has 0 radical (unpaired) electrons. The fraction of sp³-hybridized carbons (Fsp3) is 0. The van der Waals surface area contributed by atoms with Gasteiger partial charge >= 0.3 is 5.97 Å². The Morgan fingerprint density at radius 1 is 1.67 bits per heavy atom. The third-order valence-electron chi connectivity index (χ3n) is 0.857. The van der Waals surface area contributed by atoms with Crippen molar-refractivity contribution in [1.82, 2.24) is 0 Å². The zero-order chi connectivity index (χ0) is 6.85. The number of carboxylic acid groups (broad SMARTS) is 1. The first-order valence-corrected chi connectivity index (χ1v) is 2.23. The molecule has 46 valence electrons. The number of hydrogen-bond donors (Lipinski definition) is 1. The molecule has 0 aromatic heterocycles. The number of amides is 1. The van der Waals surface area contributed by atoms with E-state index in [0.717, 1.165) is 12.3 Å². The molecule has 1 rings (SSSR count). The Morgan fingerprint density at radius 2 is 2.33 bits per heavy atom. The highest BCUT2D eigenvalue weighted by Gasteiger charge is 2.11. The van der Waals surface area contributed by atoms with Crippen molar-refractivity contribution < 1.29 is 14.7 Å². The SMILES string of the molecule is O=C1C=C(C(=O)O)C=N1. The second-order valence-corrected chi connectivity index (χ2v) is 1.50. The van der Waals surface area contributed by atoms with Crippen LogP contribution in [-0.4, -0.2) is 23.2 Å². The van der Waals surface area contributed by atoms with E-state index in [9.17, 15) is 9.59 Å². The number of carbonyl (C=O) groups excluding carboxylic acids is 1. The molecule has 4 heteroatoms. The van der Waals surface area contributed by atoms with Crippen molar-refractivity contribution >= 4 is 18.1 Å². The van der Waals surface area contributed by atoms with Crippen molar-refractivity contribution in [2.75, 3.05) is 0 Å². The predicted molar refractivity (Wildman–Crippen MR) is 29.2 cm³/mol.